The van der Waals surface area contributed by atoms with E-state index in [1.807, 2.05) is 12.1 Å². The molecule has 1 aromatic rings. The second-order valence-corrected chi connectivity index (χ2v) is 9.65. The molecule has 0 unspecified atom stereocenters. The van der Waals surface area contributed by atoms with Crippen LogP contribution in [0, 0.1) is 5.39 Å². The lowest BCUT2D eigenvalue weighted by Gasteiger charge is -2.05. The van der Waals surface area contributed by atoms with Crippen LogP contribution >= 0.6 is 0 Å². The Bertz CT molecular complexity index is 630. The number of benzene rings is 1. The van der Waals surface area contributed by atoms with E-state index in [2.05, 4.69) is 11.9 Å². The van der Waals surface area contributed by atoms with Crippen molar-refractivity contribution < 1.29 is 22.0 Å². The molecule has 0 fully saturated rings. The molecular weight excluding hydrogens is 467 g/mol. The van der Waals surface area contributed by atoms with Crippen LogP contribution in [0.1, 0.15) is 135 Å². The number of diazo groups is 1. The Labute approximate surface area is 217 Å². The lowest BCUT2D eigenvalue weighted by atomic mass is 10.0. The standard InChI is InChI=1S/C28H49N2O.BF4/c1-2-3-4-5-6-7-8-9-10-11-12-13-14-15-16-17-18-19-20-21-26-31-28-24-22-27(30-29)23-25-28;2-1(3,4)5/h22-25H,2-21,26H2,1H3;/q+1;-1. The first-order valence-corrected chi connectivity index (χ1v) is 14.3. The summed E-state index contributed by atoms with van der Waals surface area (Å²) in [7, 11) is -6.00. The summed E-state index contributed by atoms with van der Waals surface area (Å²) in [6.45, 7) is 3.06. The van der Waals surface area contributed by atoms with E-state index in [0.29, 0.717) is 5.69 Å². The van der Waals surface area contributed by atoms with Crippen molar-refractivity contribution in [2.24, 2.45) is 0 Å². The van der Waals surface area contributed by atoms with E-state index >= 15 is 0 Å². The first-order valence-electron chi connectivity index (χ1n) is 14.3. The van der Waals surface area contributed by atoms with E-state index in [9.17, 15) is 17.3 Å². The normalized spacial score (nSPS) is 11.0. The second-order valence-electron chi connectivity index (χ2n) is 9.65. The van der Waals surface area contributed by atoms with Crippen LogP contribution in [0.3, 0.4) is 0 Å². The fourth-order valence-electron chi connectivity index (χ4n) is 4.16. The Morgan fingerprint density at radius 1 is 0.583 bits per heavy atom. The molecule has 0 bridgehead atoms. The zero-order valence-electron chi connectivity index (χ0n) is 22.6. The number of hydrogen-bond acceptors (Lipinski definition) is 2. The first kappa shape index (κ1) is 34.2. The molecule has 0 atom stereocenters. The maximum atomic E-state index is 9.75. The molecule has 0 N–H and O–H groups in total. The van der Waals surface area contributed by atoms with Crippen molar-refractivity contribution in [3.8, 4) is 5.75 Å². The summed E-state index contributed by atoms with van der Waals surface area (Å²) in [4.78, 5) is 3.15. The molecule has 0 saturated heterocycles. The van der Waals surface area contributed by atoms with Gasteiger partial charge in [0.05, 0.1) is 6.61 Å². The fraction of sp³-hybridized carbons (Fsp3) is 0.786. The average Bonchev–Trinajstić information content (AvgIpc) is 2.84. The summed E-state index contributed by atoms with van der Waals surface area (Å²) in [5.41, 5.74) is 0.561. The minimum Gasteiger partial charge on any atom is -0.494 e. The Morgan fingerprint density at radius 2 is 0.889 bits per heavy atom. The largest absolute Gasteiger partial charge is 0.673 e. The molecule has 36 heavy (non-hydrogen) atoms. The highest BCUT2D eigenvalue weighted by molar-refractivity contribution is 6.50. The van der Waals surface area contributed by atoms with Gasteiger partial charge >= 0.3 is 12.9 Å². The highest BCUT2D eigenvalue weighted by atomic mass is 19.5. The topological polar surface area (TPSA) is 37.4 Å². The third-order valence-electron chi connectivity index (χ3n) is 6.22. The minimum atomic E-state index is -6.00. The van der Waals surface area contributed by atoms with Crippen LogP contribution in [-0.4, -0.2) is 13.9 Å². The van der Waals surface area contributed by atoms with E-state index in [0.717, 1.165) is 18.8 Å². The van der Waals surface area contributed by atoms with Gasteiger partial charge in [-0.15, -0.1) is 0 Å². The van der Waals surface area contributed by atoms with E-state index in [1.54, 1.807) is 12.1 Å². The number of rotatable bonds is 22. The van der Waals surface area contributed by atoms with E-state index in [-0.39, 0.29) is 0 Å². The zero-order chi connectivity index (χ0) is 26.7. The van der Waals surface area contributed by atoms with E-state index in [4.69, 9.17) is 10.1 Å². The summed E-state index contributed by atoms with van der Waals surface area (Å²) in [5.74, 6) is 0.852. The van der Waals surface area contributed by atoms with Crippen molar-refractivity contribution >= 4 is 12.9 Å². The molecule has 1 rings (SSSR count). The Hall–Kier alpha value is -1.78. The van der Waals surface area contributed by atoms with Gasteiger partial charge in [-0.1, -0.05) is 129 Å². The van der Waals surface area contributed by atoms with Crippen LogP contribution in [0.2, 0.25) is 0 Å². The lowest BCUT2D eigenvalue weighted by Crippen LogP contribution is -2.02. The summed E-state index contributed by atoms with van der Waals surface area (Å²) in [6.07, 6.45) is 28.1. The van der Waals surface area contributed by atoms with E-state index in [1.165, 1.54) is 122 Å². The van der Waals surface area contributed by atoms with Crippen LogP contribution in [0.25, 0.3) is 4.98 Å². The van der Waals surface area contributed by atoms with Crippen LogP contribution in [0.15, 0.2) is 24.3 Å². The SMILES string of the molecule is CCCCCCCCCCCCCCCCCCCCCCOc1ccc([N+]#N)cc1.F[B-](F)(F)F. The lowest BCUT2D eigenvalue weighted by molar-refractivity contribution is 0.304. The van der Waals surface area contributed by atoms with Crippen molar-refractivity contribution in [2.45, 2.75) is 135 Å². The van der Waals surface area contributed by atoms with Gasteiger partial charge in [0.1, 0.15) is 5.75 Å². The van der Waals surface area contributed by atoms with Crippen molar-refractivity contribution in [2.75, 3.05) is 6.61 Å². The summed E-state index contributed by atoms with van der Waals surface area (Å²) >= 11 is 0. The van der Waals surface area contributed by atoms with Crippen molar-refractivity contribution in [1.29, 1.82) is 5.39 Å². The van der Waals surface area contributed by atoms with Crippen LogP contribution < -0.4 is 4.74 Å². The minimum absolute atomic E-state index is 0.561. The molecule has 208 valence electrons. The van der Waals surface area contributed by atoms with Gasteiger partial charge in [0.2, 0.25) is 5.39 Å². The Morgan fingerprint density at radius 3 is 1.19 bits per heavy atom. The number of nitrogens with zero attached hydrogens (tertiary/aromatic N) is 2. The zero-order valence-corrected chi connectivity index (χ0v) is 22.6. The second kappa shape index (κ2) is 24.9. The molecule has 1 aromatic carbocycles. The number of unbranched alkanes of at least 4 members (excludes halogenated alkanes) is 19. The first-order chi connectivity index (χ1) is 17.4. The molecule has 0 spiro atoms. The molecule has 0 aromatic heterocycles. The maximum absolute atomic E-state index is 9.75. The molecule has 0 heterocycles. The van der Waals surface area contributed by atoms with Crippen LogP contribution in [-0.2, 0) is 0 Å². The highest BCUT2D eigenvalue weighted by Gasteiger charge is 2.20. The van der Waals surface area contributed by atoms with Gasteiger partial charge in [-0.05, 0) is 18.6 Å². The Kier molecular flexibility index (Phi) is 23.7. The van der Waals surface area contributed by atoms with Gasteiger partial charge in [0.25, 0.3) is 0 Å². The predicted molar refractivity (Wildman–Crippen MR) is 145 cm³/mol. The fourth-order valence-corrected chi connectivity index (χ4v) is 4.16. The third kappa shape index (κ3) is 28.5. The number of hydrogen-bond donors (Lipinski definition) is 0. The van der Waals surface area contributed by atoms with Crippen molar-refractivity contribution in [3.63, 3.8) is 0 Å². The van der Waals surface area contributed by atoms with Crippen molar-refractivity contribution in [1.82, 2.24) is 0 Å². The quantitative estimate of drug-likeness (QED) is 0.0665. The molecule has 0 radical (unpaired) electrons. The number of ether oxygens (including phenoxy) is 1. The predicted octanol–water partition coefficient (Wildman–Crippen LogP) is 11.7. The van der Waals surface area contributed by atoms with Gasteiger partial charge in [-0.2, -0.15) is 0 Å². The summed E-state index contributed by atoms with van der Waals surface area (Å²) in [6, 6.07) is 7.22. The van der Waals surface area contributed by atoms with Gasteiger partial charge in [0, 0.05) is 12.1 Å². The van der Waals surface area contributed by atoms with Gasteiger partial charge in [-0.25, -0.2) is 0 Å². The molecule has 3 nitrogen and oxygen atoms in total. The monoisotopic (exact) mass is 516 g/mol. The smallest absolute Gasteiger partial charge is 0.494 e. The maximum Gasteiger partial charge on any atom is 0.673 e. The van der Waals surface area contributed by atoms with Crippen LogP contribution in [0.5, 0.6) is 5.75 Å². The molecule has 8 heteroatoms. The molecule has 0 aliphatic carbocycles. The number of halogens is 4. The molecule has 0 saturated carbocycles. The average molecular weight is 517 g/mol. The van der Waals surface area contributed by atoms with E-state index < -0.39 is 7.25 Å². The highest BCUT2D eigenvalue weighted by Crippen LogP contribution is 2.18. The van der Waals surface area contributed by atoms with Crippen LogP contribution in [0.4, 0.5) is 23.0 Å². The van der Waals surface area contributed by atoms with Crippen molar-refractivity contribution in [3.05, 3.63) is 29.2 Å². The molecule has 0 aliphatic rings. The van der Waals surface area contributed by atoms with Gasteiger partial charge < -0.3 is 22.0 Å². The van der Waals surface area contributed by atoms with Gasteiger partial charge in [-0.3, -0.25) is 0 Å². The van der Waals surface area contributed by atoms with Gasteiger partial charge in [0.15, 0.2) is 4.98 Å². The molecular formula is C28H49BF4N2O. The summed E-state index contributed by atoms with van der Waals surface area (Å²) < 4.78 is 44.7. The molecule has 0 aliphatic heterocycles. The third-order valence-corrected chi connectivity index (χ3v) is 6.22. The summed E-state index contributed by atoms with van der Waals surface area (Å²) in [5, 5.41) is 8.67. The Balaban J connectivity index is 0.00000222. The molecule has 0 amide bonds.